The Morgan fingerprint density at radius 3 is 2.85 bits per heavy atom. The monoisotopic (exact) mass is 396 g/mol. The van der Waals surface area contributed by atoms with E-state index in [9.17, 15) is 9.59 Å². The molecule has 0 bridgehead atoms. The van der Waals surface area contributed by atoms with Crippen LogP contribution in [0.25, 0.3) is 0 Å². The van der Waals surface area contributed by atoms with E-state index in [2.05, 4.69) is 20.5 Å². The Hall–Kier alpha value is -1.98. The van der Waals surface area contributed by atoms with E-state index in [0.717, 1.165) is 0 Å². The molecule has 1 aliphatic rings. The highest BCUT2D eigenvalue weighted by atomic mass is 32.2. The fourth-order valence-corrected chi connectivity index (χ4v) is 3.97. The van der Waals surface area contributed by atoms with Gasteiger partial charge in [0.2, 0.25) is 11.8 Å². The molecule has 0 spiro atoms. The summed E-state index contributed by atoms with van der Waals surface area (Å²) >= 11 is 2.70. The Balaban J connectivity index is 1.56. The zero-order valence-electron chi connectivity index (χ0n) is 14.4. The molecule has 0 unspecified atom stereocenters. The number of ether oxygens (including phenoxy) is 1. The second-order valence-electron chi connectivity index (χ2n) is 5.49. The molecule has 0 aliphatic carbocycles. The molecule has 2 amide bonds. The van der Waals surface area contributed by atoms with Crippen molar-refractivity contribution in [1.82, 2.24) is 24.6 Å². The molecule has 2 aromatic rings. The van der Waals surface area contributed by atoms with Crippen LogP contribution in [0.3, 0.4) is 0 Å². The molecule has 0 radical (unpaired) electrons. The van der Waals surface area contributed by atoms with Crippen LogP contribution in [0.4, 0.5) is 5.13 Å². The van der Waals surface area contributed by atoms with Gasteiger partial charge in [0.25, 0.3) is 0 Å². The number of morpholine rings is 1. The molecule has 1 fully saturated rings. The Morgan fingerprint density at radius 2 is 2.15 bits per heavy atom. The molecule has 2 aromatic heterocycles. The van der Waals surface area contributed by atoms with Gasteiger partial charge in [-0.25, -0.2) is 4.98 Å². The van der Waals surface area contributed by atoms with Crippen LogP contribution >= 0.6 is 23.1 Å². The molecular weight excluding hydrogens is 376 g/mol. The third-order valence-electron chi connectivity index (χ3n) is 3.80. The van der Waals surface area contributed by atoms with Gasteiger partial charge in [-0.3, -0.25) is 9.59 Å². The van der Waals surface area contributed by atoms with Gasteiger partial charge in [-0.2, -0.15) is 0 Å². The van der Waals surface area contributed by atoms with Crippen molar-refractivity contribution >= 4 is 40.0 Å². The minimum absolute atomic E-state index is 0.0621. The summed E-state index contributed by atoms with van der Waals surface area (Å²) < 4.78 is 7.12. The van der Waals surface area contributed by atoms with Gasteiger partial charge in [-0.15, -0.1) is 21.5 Å². The first-order valence-electron chi connectivity index (χ1n) is 8.27. The molecule has 0 atom stereocenters. The number of hydrogen-bond acceptors (Lipinski definition) is 8. The van der Waals surface area contributed by atoms with E-state index >= 15 is 0 Å². The molecule has 26 heavy (non-hydrogen) atoms. The van der Waals surface area contributed by atoms with Crippen LogP contribution in [0.1, 0.15) is 12.7 Å². The number of anilines is 1. The normalized spacial score (nSPS) is 14.4. The van der Waals surface area contributed by atoms with Gasteiger partial charge in [0.05, 0.1) is 25.4 Å². The van der Waals surface area contributed by atoms with Gasteiger partial charge in [0.1, 0.15) is 5.82 Å². The maximum Gasteiger partial charge on any atom is 0.233 e. The van der Waals surface area contributed by atoms with E-state index in [0.29, 0.717) is 54.7 Å². The third-order valence-corrected chi connectivity index (χ3v) is 5.44. The Bertz CT molecular complexity index is 743. The number of carbonyl (C=O) groups excluding carboxylic acids is 2. The maximum absolute atomic E-state index is 12.3. The van der Waals surface area contributed by atoms with Crippen LogP contribution in [0, 0.1) is 0 Å². The summed E-state index contributed by atoms with van der Waals surface area (Å²) in [6, 6.07) is 0. The van der Waals surface area contributed by atoms with Crippen molar-refractivity contribution in [2.24, 2.45) is 0 Å². The molecule has 0 saturated carbocycles. The summed E-state index contributed by atoms with van der Waals surface area (Å²) in [4.78, 5) is 30.2. The Labute approximate surface area is 159 Å². The van der Waals surface area contributed by atoms with Crippen LogP contribution in [-0.2, 0) is 27.3 Å². The first-order chi connectivity index (χ1) is 12.7. The number of thioether (sulfide) groups is 1. The second-order valence-corrected chi connectivity index (χ2v) is 7.32. The van der Waals surface area contributed by atoms with Crippen molar-refractivity contribution in [2.75, 3.05) is 37.4 Å². The lowest BCUT2D eigenvalue weighted by Crippen LogP contribution is -2.41. The lowest BCUT2D eigenvalue weighted by molar-refractivity contribution is -0.132. The number of rotatable bonds is 7. The number of nitrogens with zero attached hydrogens (tertiary/aromatic N) is 5. The fourth-order valence-electron chi connectivity index (χ4n) is 2.50. The van der Waals surface area contributed by atoms with Crippen molar-refractivity contribution in [1.29, 1.82) is 0 Å². The van der Waals surface area contributed by atoms with Gasteiger partial charge in [-0.1, -0.05) is 11.8 Å². The minimum Gasteiger partial charge on any atom is -0.378 e. The molecule has 140 valence electrons. The summed E-state index contributed by atoms with van der Waals surface area (Å²) in [5.41, 5.74) is 0. The molecule has 1 N–H and O–H groups in total. The number of nitrogens with one attached hydrogen (secondary N) is 1. The highest BCUT2D eigenvalue weighted by Crippen LogP contribution is 2.19. The van der Waals surface area contributed by atoms with Gasteiger partial charge in [0, 0.05) is 31.2 Å². The Morgan fingerprint density at radius 1 is 1.35 bits per heavy atom. The van der Waals surface area contributed by atoms with Crippen LogP contribution in [0.2, 0.25) is 0 Å². The highest BCUT2D eigenvalue weighted by Gasteiger charge is 2.20. The predicted molar refractivity (Wildman–Crippen MR) is 98.3 cm³/mol. The molecule has 11 heteroatoms. The lowest BCUT2D eigenvalue weighted by Gasteiger charge is -2.26. The summed E-state index contributed by atoms with van der Waals surface area (Å²) in [5, 5.41) is 14.0. The number of amides is 2. The molecule has 1 aliphatic heterocycles. The smallest absolute Gasteiger partial charge is 0.233 e. The van der Waals surface area contributed by atoms with Crippen LogP contribution in [0.5, 0.6) is 0 Å². The zero-order valence-corrected chi connectivity index (χ0v) is 16.0. The lowest BCUT2D eigenvalue weighted by atomic mass is 10.4. The van der Waals surface area contributed by atoms with Crippen LogP contribution in [0.15, 0.2) is 16.7 Å². The quantitative estimate of drug-likeness (QED) is 0.693. The number of hydrogen-bond donors (Lipinski definition) is 1. The molecular formula is C15H20N6O3S2. The molecule has 9 nitrogen and oxygen atoms in total. The third kappa shape index (κ3) is 4.80. The molecule has 0 aromatic carbocycles. The van der Waals surface area contributed by atoms with Gasteiger partial charge < -0.3 is 19.5 Å². The standard InChI is InChI=1S/C15H20N6O3S2/c1-2-21-11(9-12(22)17-14-16-3-8-25-14)18-19-15(21)26-10-13(23)20-4-6-24-7-5-20/h3,8H,2,4-7,9-10H2,1H3,(H,16,17,22). The van der Waals surface area contributed by atoms with E-state index in [1.807, 2.05) is 11.5 Å². The minimum atomic E-state index is -0.192. The summed E-state index contributed by atoms with van der Waals surface area (Å²) in [5.74, 6) is 0.738. The molecule has 3 heterocycles. The summed E-state index contributed by atoms with van der Waals surface area (Å²) in [6.45, 7) is 5.00. The largest absolute Gasteiger partial charge is 0.378 e. The summed E-state index contributed by atoms with van der Waals surface area (Å²) in [7, 11) is 0. The van der Waals surface area contributed by atoms with E-state index in [1.54, 1.807) is 16.5 Å². The van der Waals surface area contributed by atoms with E-state index in [-0.39, 0.29) is 18.2 Å². The first-order valence-corrected chi connectivity index (χ1v) is 10.1. The predicted octanol–water partition coefficient (Wildman–Crippen LogP) is 0.887. The number of thiazole rings is 1. The van der Waals surface area contributed by atoms with Crippen LogP contribution in [-0.4, -0.2) is 68.5 Å². The van der Waals surface area contributed by atoms with E-state index < -0.39 is 0 Å². The maximum atomic E-state index is 12.3. The van der Waals surface area contributed by atoms with Crippen molar-refractivity contribution in [3.63, 3.8) is 0 Å². The SMILES string of the molecule is CCn1c(CC(=O)Nc2nccs2)nnc1SCC(=O)N1CCOCC1. The number of aromatic nitrogens is 4. The Kier molecular flexibility index (Phi) is 6.58. The zero-order chi connectivity index (χ0) is 18.4. The molecule has 3 rings (SSSR count). The fraction of sp³-hybridized carbons (Fsp3) is 0.533. The van der Waals surface area contributed by atoms with Crippen LogP contribution < -0.4 is 5.32 Å². The van der Waals surface area contributed by atoms with Gasteiger partial charge in [-0.05, 0) is 6.92 Å². The average molecular weight is 396 g/mol. The number of carbonyl (C=O) groups is 2. The van der Waals surface area contributed by atoms with E-state index in [4.69, 9.17) is 4.74 Å². The summed E-state index contributed by atoms with van der Waals surface area (Å²) in [6.07, 6.45) is 1.74. The van der Waals surface area contributed by atoms with Gasteiger partial charge >= 0.3 is 0 Å². The second kappa shape index (κ2) is 9.10. The van der Waals surface area contributed by atoms with Gasteiger partial charge in [0.15, 0.2) is 10.3 Å². The van der Waals surface area contributed by atoms with Crippen molar-refractivity contribution in [2.45, 2.75) is 25.0 Å². The molecule has 1 saturated heterocycles. The van der Waals surface area contributed by atoms with Crippen molar-refractivity contribution in [3.05, 3.63) is 17.4 Å². The van der Waals surface area contributed by atoms with Crippen molar-refractivity contribution in [3.8, 4) is 0 Å². The average Bonchev–Trinajstić information content (AvgIpc) is 3.30. The highest BCUT2D eigenvalue weighted by molar-refractivity contribution is 7.99. The van der Waals surface area contributed by atoms with Crippen molar-refractivity contribution < 1.29 is 14.3 Å². The first kappa shape index (κ1) is 18.8. The topological polar surface area (TPSA) is 102 Å². The van der Waals surface area contributed by atoms with E-state index in [1.165, 1.54) is 23.1 Å².